The van der Waals surface area contributed by atoms with Crippen LogP contribution < -0.4 is 4.90 Å². The minimum Gasteiger partial charge on any atom is -0.432 e. The molecule has 1 radical (unpaired) electrons. The lowest BCUT2D eigenvalue weighted by Gasteiger charge is -2.10. The largest absolute Gasteiger partial charge is 0.454 e. The van der Waals surface area contributed by atoms with E-state index in [9.17, 15) is 0 Å². The summed E-state index contributed by atoms with van der Waals surface area (Å²) >= 11 is 0. The Morgan fingerprint density at radius 3 is 3.56 bits per heavy atom. The van der Waals surface area contributed by atoms with Crippen molar-refractivity contribution in [1.29, 1.82) is 0 Å². The molecule has 2 rings (SSSR count). The Hall–Kier alpha value is -0.830. The maximum Gasteiger partial charge on any atom is 0.454 e. The standard InChI is InChI=1S/C6H8N2O/c1-3-8-4-2-7-6(8)9-5-1/h2,4H,1,3,5H2/q+1. The van der Waals surface area contributed by atoms with Gasteiger partial charge in [0.25, 0.3) is 0 Å². The lowest BCUT2D eigenvalue weighted by Crippen LogP contribution is -2.37. The molecule has 9 heavy (non-hydrogen) atoms. The van der Waals surface area contributed by atoms with E-state index >= 15 is 0 Å². The molecule has 0 atom stereocenters. The summed E-state index contributed by atoms with van der Waals surface area (Å²) in [6, 6.07) is 0.765. The van der Waals surface area contributed by atoms with E-state index in [1.54, 1.807) is 6.20 Å². The van der Waals surface area contributed by atoms with E-state index < -0.39 is 0 Å². The van der Waals surface area contributed by atoms with Crippen LogP contribution in [0.3, 0.4) is 0 Å². The van der Waals surface area contributed by atoms with Crippen molar-refractivity contribution >= 4 is 6.02 Å². The number of nitrogens with zero attached hydrogens (tertiary/aromatic N) is 2. The Morgan fingerprint density at radius 1 is 1.67 bits per heavy atom. The molecule has 3 nitrogen and oxygen atoms in total. The predicted octanol–water partition coefficient (Wildman–Crippen LogP) is 0.388. The van der Waals surface area contributed by atoms with Crippen molar-refractivity contribution in [2.45, 2.75) is 6.42 Å². The normalized spacial score (nSPS) is 25.1. The highest BCUT2D eigenvalue weighted by molar-refractivity contribution is 5.80. The third kappa shape index (κ3) is 0.733. The number of hydrogen-bond donors (Lipinski definition) is 0. The van der Waals surface area contributed by atoms with E-state index in [0.29, 0.717) is 0 Å². The van der Waals surface area contributed by atoms with Gasteiger partial charge in [0.15, 0.2) is 6.20 Å². The highest BCUT2D eigenvalue weighted by Crippen LogP contribution is 2.06. The third-order valence-electron chi connectivity index (χ3n) is 1.45. The highest BCUT2D eigenvalue weighted by atomic mass is 16.5. The van der Waals surface area contributed by atoms with Crippen LogP contribution in [-0.2, 0) is 4.74 Å². The summed E-state index contributed by atoms with van der Waals surface area (Å²) in [6.45, 7) is 1.87. The molecule has 0 amide bonds. The maximum absolute atomic E-state index is 5.22. The van der Waals surface area contributed by atoms with Crippen molar-refractivity contribution in [2.75, 3.05) is 13.2 Å². The van der Waals surface area contributed by atoms with Gasteiger partial charge in [-0.1, -0.05) is 4.90 Å². The van der Waals surface area contributed by atoms with Crippen molar-refractivity contribution in [3.05, 3.63) is 12.4 Å². The Kier molecular flexibility index (Phi) is 1.02. The molecule has 2 aliphatic rings. The zero-order valence-corrected chi connectivity index (χ0v) is 5.08. The minimum absolute atomic E-state index is 0.765. The summed E-state index contributed by atoms with van der Waals surface area (Å²) in [6.07, 6.45) is 4.80. The molecular weight excluding hydrogens is 116 g/mol. The van der Waals surface area contributed by atoms with Gasteiger partial charge >= 0.3 is 6.02 Å². The molecule has 0 aromatic rings. The van der Waals surface area contributed by atoms with Crippen molar-refractivity contribution in [3.63, 3.8) is 0 Å². The molecule has 2 heterocycles. The lowest BCUT2D eigenvalue weighted by molar-refractivity contribution is 0.237. The highest BCUT2D eigenvalue weighted by Gasteiger charge is 2.30. The summed E-state index contributed by atoms with van der Waals surface area (Å²) in [7, 11) is 0. The second kappa shape index (κ2) is 1.84. The first-order chi connectivity index (χ1) is 4.47. The van der Waals surface area contributed by atoms with Gasteiger partial charge in [0, 0.05) is 6.42 Å². The third-order valence-corrected chi connectivity index (χ3v) is 1.45. The monoisotopic (exact) mass is 124 g/mol. The first-order valence-electron chi connectivity index (χ1n) is 3.11. The number of ether oxygens (including phenoxy) is 1. The molecule has 0 aromatic heterocycles. The molecule has 2 aliphatic heterocycles. The summed E-state index contributed by atoms with van der Waals surface area (Å²) in [5, 5.41) is 0. The number of rotatable bonds is 0. The molecule has 0 aromatic carbocycles. The van der Waals surface area contributed by atoms with Crippen LogP contribution in [0.5, 0.6) is 0 Å². The van der Waals surface area contributed by atoms with Gasteiger partial charge in [-0.15, -0.1) is 0 Å². The average molecular weight is 124 g/mol. The Labute approximate surface area is 53.6 Å². The Bertz CT molecular complexity index is 174. The van der Waals surface area contributed by atoms with E-state index in [4.69, 9.17) is 4.74 Å². The van der Waals surface area contributed by atoms with E-state index in [2.05, 4.69) is 4.99 Å². The van der Waals surface area contributed by atoms with Gasteiger partial charge in [0.05, 0.1) is 6.20 Å². The fraction of sp³-hybridized carbons (Fsp3) is 0.500. The summed E-state index contributed by atoms with van der Waals surface area (Å²) < 4.78 is 5.22. The molecule has 0 saturated carbocycles. The molecular formula is C6H8N2O+. The van der Waals surface area contributed by atoms with Crippen LogP contribution in [0.2, 0.25) is 0 Å². The fourth-order valence-corrected chi connectivity index (χ4v) is 1.00. The van der Waals surface area contributed by atoms with E-state index in [0.717, 1.165) is 25.6 Å². The van der Waals surface area contributed by atoms with Crippen LogP contribution in [0, 0.1) is 0 Å². The first-order valence-corrected chi connectivity index (χ1v) is 3.11. The SMILES string of the molecule is C1=C[N+]2CCCOC2=N1. The van der Waals surface area contributed by atoms with Crippen molar-refractivity contribution in [3.8, 4) is 0 Å². The fourth-order valence-electron chi connectivity index (χ4n) is 1.00. The number of hydrogen-bond acceptors (Lipinski definition) is 3. The van der Waals surface area contributed by atoms with Crippen molar-refractivity contribution < 1.29 is 4.74 Å². The minimum atomic E-state index is 0.765. The van der Waals surface area contributed by atoms with Crippen LogP contribution in [0.15, 0.2) is 17.4 Å². The zero-order valence-electron chi connectivity index (χ0n) is 5.08. The smallest absolute Gasteiger partial charge is 0.432 e. The summed E-state index contributed by atoms with van der Waals surface area (Å²) in [4.78, 5) is 6.01. The van der Waals surface area contributed by atoms with Gasteiger partial charge in [-0.2, -0.15) is 4.99 Å². The Balaban J connectivity index is 2.16. The number of fused-ring (bicyclic) bond motifs is 1. The number of amidine groups is 1. The van der Waals surface area contributed by atoms with Gasteiger partial charge < -0.3 is 4.74 Å². The Morgan fingerprint density at radius 2 is 2.67 bits per heavy atom. The molecule has 0 aliphatic carbocycles. The molecule has 0 spiro atoms. The van der Waals surface area contributed by atoms with Crippen LogP contribution in [-0.4, -0.2) is 19.2 Å². The number of aliphatic imine (C=N–C) groups is 1. The summed E-state index contributed by atoms with van der Waals surface area (Å²) in [5.74, 6) is 0. The molecule has 0 bridgehead atoms. The van der Waals surface area contributed by atoms with Crippen molar-refractivity contribution in [2.24, 2.45) is 4.99 Å². The second-order valence-corrected chi connectivity index (χ2v) is 2.11. The van der Waals surface area contributed by atoms with Gasteiger partial charge in [0.2, 0.25) is 0 Å². The van der Waals surface area contributed by atoms with E-state index in [1.807, 2.05) is 11.1 Å². The second-order valence-electron chi connectivity index (χ2n) is 2.11. The summed E-state index contributed by atoms with van der Waals surface area (Å²) in [5.41, 5.74) is 0. The lowest BCUT2D eigenvalue weighted by atomic mass is 10.4. The topological polar surface area (TPSA) is 27.5 Å². The molecule has 0 unspecified atom stereocenters. The molecule has 1 saturated heterocycles. The first kappa shape index (κ1) is 4.99. The predicted molar refractivity (Wildman–Crippen MR) is 34.1 cm³/mol. The van der Waals surface area contributed by atoms with E-state index in [-0.39, 0.29) is 0 Å². The van der Waals surface area contributed by atoms with Crippen LogP contribution in [0.4, 0.5) is 0 Å². The van der Waals surface area contributed by atoms with Crippen molar-refractivity contribution in [1.82, 2.24) is 4.90 Å². The van der Waals surface area contributed by atoms with Crippen LogP contribution in [0.1, 0.15) is 6.42 Å². The van der Waals surface area contributed by atoms with Crippen LogP contribution in [0.25, 0.3) is 0 Å². The quantitative estimate of drug-likeness (QED) is 0.429. The average Bonchev–Trinajstić information content (AvgIpc) is 2.33. The van der Waals surface area contributed by atoms with Gasteiger partial charge in [-0.05, 0) is 0 Å². The maximum atomic E-state index is 5.22. The molecule has 3 heteroatoms. The molecule has 47 valence electrons. The van der Waals surface area contributed by atoms with Gasteiger partial charge in [-0.25, -0.2) is 0 Å². The zero-order chi connectivity index (χ0) is 6.10. The molecule has 1 fully saturated rings. The van der Waals surface area contributed by atoms with Gasteiger partial charge in [-0.3, -0.25) is 0 Å². The van der Waals surface area contributed by atoms with Gasteiger partial charge in [0.1, 0.15) is 13.2 Å². The molecule has 0 N–H and O–H groups in total. The van der Waals surface area contributed by atoms with E-state index in [1.165, 1.54) is 0 Å². The van der Waals surface area contributed by atoms with Crippen LogP contribution >= 0.6 is 0 Å².